The number of halogens is 3. The average molecular weight is 286 g/mol. The summed E-state index contributed by atoms with van der Waals surface area (Å²) in [6, 6.07) is 1.56. The van der Waals surface area contributed by atoms with Crippen molar-refractivity contribution in [1.29, 1.82) is 5.26 Å². The summed E-state index contributed by atoms with van der Waals surface area (Å²) < 4.78 is 27.2. The van der Waals surface area contributed by atoms with E-state index in [9.17, 15) is 8.78 Å². The molecule has 0 saturated heterocycles. The predicted molar refractivity (Wildman–Crippen MR) is 70.9 cm³/mol. The summed E-state index contributed by atoms with van der Waals surface area (Å²) in [6.07, 6.45) is 2.22. The second-order valence-electron chi connectivity index (χ2n) is 4.06. The number of nitrogens with zero attached hydrogens (tertiary/aromatic N) is 3. The van der Waals surface area contributed by atoms with E-state index in [0.717, 1.165) is 12.1 Å². The fourth-order valence-electron chi connectivity index (χ4n) is 1.76. The lowest BCUT2D eigenvalue weighted by Crippen LogP contribution is -2.29. The quantitative estimate of drug-likeness (QED) is 0.366. The van der Waals surface area contributed by atoms with Gasteiger partial charge in [0.1, 0.15) is 17.5 Å². The Hall–Kier alpha value is -1.67. The van der Waals surface area contributed by atoms with Gasteiger partial charge in [0.05, 0.1) is 11.1 Å². The highest BCUT2D eigenvalue weighted by Crippen LogP contribution is 2.27. The molecule has 1 aromatic rings. The molecule has 0 aromatic heterocycles. The fourth-order valence-corrected chi connectivity index (χ4v) is 1.91. The van der Waals surface area contributed by atoms with Crippen LogP contribution < -0.4 is 0 Å². The van der Waals surface area contributed by atoms with Gasteiger partial charge in [-0.1, -0.05) is 18.5 Å². The molecule has 0 radical (unpaired) electrons. The van der Waals surface area contributed by atoms with Gasteiger partial charge in [0.15, 0.2) is 0 Å². The molecule has 0 aliphatic rings. The molecule has 0 unspecified atom stereocenters. The van der Waals surface area contributed by atoms with E-state index in [2.05, 4.69) is 4.99 Å². The van der Waals surface area contributed by atoms with E-state index in [1.165, 1.54) is 0 Å². The highest BCUT2D eigenvalue weighted by Gasteiger charge is 2.20. The van der Waals surface area contributed by atoms with Crippen LogP contribution in [-0.4, -0.2) is 17.8 Å². The molecular weight excluding hydrogens is 272 g/mol. The summed E-state index contributed by atoms with van der Waals surface area (Å²) in [5, 5.41) is 8.34. The molecule has 6 heteroatoms. The van der Waals surface area contributed by atoms with Crippen molar-refractivity contribution in [3.05, 3.63) is 34.4 Å². The van der Waals surface area contributed by atoms with Crippen LogP contribution in [0, 0.1) is 23.1 Å². The van der Waals surface area contributed by atoms with Gasteiger partial charge >= 0.3 is 0 Å². The maximum atomic E-state index is 13.8. The van der Waals surface area contributed by atoms with Gasteiger partial charge in [-0.3, -0.25) is 0 Å². The Balaban J connectivity index is 3.13. The third kappa shape index (κ3) is 3.42. The van der Waals surface area contributed by atoms with Crippen molar-refractivity contribution >= 4 is 17.4 Å². The molecule has 0 aliphatic carbocycles. The number of hydrogen-bond acceptors (Lipinski definition) is 2. The number of nitriles is 1. The Bertz CT molecular complexity index is 537. The Morgan fingerprint density at radius 3 is 2.63 bits per heavy atom. The van der Waals surface area contributed by atoms with Gasteiger partial charge in [0.25, 0.3) is 0 Å². The van der Waals surface area contributed by atoms with Crippen LogP contribution >= 0.6 is 11.6 Å². The lowest BCUT2D eigenvalue weighted by Gasteiger charge is -2.27. The van der Waals surface area contributed by atoms with Crippen molar-refractivity contribution in [2.75, 3.05) is 7.05 Å². The molecule has 1 aromatic carbocycles. The Kier molecular flexibility index (Phi) is 5.25. The van der Waals surface area contributed by atoms with Crippen LogP contribution in [0.4, 0.5) is 8.78 Å². The van der Waals surface area contributed by atoms with E-state index in [-0.39, 0.29) is 10.6 Å². The van der Waals surface area contributed by atoms with E-state index in [4.69, 9.17) is 16.9 Å². The molecule has 1 atom stereocenters. The van der Waals surface area contributed by atoms with E-state index in [1.807, 2.05) is 6.92 Å². The maximum absolute atomic E-state index is 13.8. The molecule has 0 heterocycles. The molecule has 0 aliphatic heterocycles. The van der Waals surface area contributed by atoms with Crippen molar-refractivity contribution < 1.29 is 8.78 Å². The van der Waals surface area contributed by atoms with Gasteiger partial charge in [0, 0.05) is 19.0 Å². The first-order valence-corrected chi connectivity index (χ1v) is 6.13. The van der Waals surface area contributed by atoms with Crippen LogP contribution in [0.2, 0.25) is 5.02 Å². The average Bonchev–Trinajstić information content (AvgIpc) is 2.38. The number of amidine groups is 1. The van der Waals surface area contributed by atoms with Gasteiger partial charge in [-0.2, -0.15) is 10.3 Å². The first-order valence-electron chi connectivity index (χ1n) is 5.75. The first kappa shape index (κ1) is 15.4. The van der Waals surface area contributed by atoms with Gasteiger partial charge in [-0.15, -0.1) is 0 Å². The zero-order valence-corrected chi connectivity index (χ0v) is 11.7. The van der Waals surface area contributed by atoms with Crippen LogP contribution in [0.3, 0.4) is 0 Å². The topological polar surface area (TPSA) is 39.4 Å². The van der Waals surface area contributed by atoms with E-state index in [1.54, 1.807) is 25.1 Å². The highest BCUT2D eigenvalue weighted by molar-refractivity contribution is 6.30. The third-order valence-electron chi connectivity index (χ3n) is 2.97. The second kappa shape index (κ2) is 6.48. The van der Waals surface area contributed by atoms with Crippen LogP contribution in [0.1, 0.15) is 31.9 Å². The molecule has 0 bridgehead atoms. The van der Waals surface area contributed by atoms with Gasteiger partial charge in [0.2, 0.25) is 6.19 Å². The Labute approximate surface area is 116 Å². The van der Waals surface area contributed by atoms with E-state index in [0.29, 0.717) is 12.3 Å². The highest BCUT2D eigenvalue weighted by atomic mass is 35.5. The van der Waals surface area contributed by atoms with Crippen LogP contribution in [0.15, 0.2) is 17.1 Å². The van der Waals surface area contributed by atoms with Crippen molar-refractivity contribution in [3.63, 3.8) is 0 Å². The number of rotatable bonds is 3. The van der Waals surface area contributed by atoms with E-state index < -0.39 is 17.7 Å². The fraction of sp³-hybridized carbons (Fsp3) is 0.385. The summed E-state index contributed by atoms with van der Waals surface area (Å²) in [5.41, 5.74) is 0.170. The largest absolute Gasteiger partial charge is 0.356 e. The van der Waals surface area contributed by atoms with Gasteiger partial charge in [-0.25, -0.2) is 8.78 Å². The summed E-state index contributed by atoms with van der Waals surface area (Å²) in [5.74, 6) is -0.753. The Morgan fingerprint density at radius 1 is 1.47 bits per heavy atom. The monoisotopic (exact) mass is 285 g/mol. The lowest BCUT2D eigenvalue weighted by molar-refractivity contribution is 0.381. The molecule has 1 rings (SSSR count). The van der Waals surface area contributed by atoms with Crippen LogP contribution in [-0.2, 0) is 0 Å². The molecule has 102 valence electrons. The Morgan fingerprint density at radius 2 is 2.11 bits per heavy atom. The third-order valence-corrected chi connectivity index (χ3v) is 3.26. The van der Waals surface area contributed by atoms with Crippen molar-refractivity contribution in [1.82, 2.24) is 4.90 Å². The summed E-state index contributed by atoms with van der Waals surface area (Å²) in [7, 11) is 1.68. The molecule has 3 nitrogen and oxygen atoms in total. The van der Waals surface area contributed by atoms with Crippen molar-refractivity contribution in [3.8, 4) is 6.19 Å². The normalized spacial score (nSPS) is 13.0. The minimum atomic E-state index is -0.673. The molecule has 0 N–H and O–H groups in total. The maximum Gasteiger partial charge on any atom is 0.207 e. The minimum Gasteiger partial charge on any atom is -0.356 e. The second-order valence-corrected chi connectivity index (χ2v) is 4.46. The van der Waals surface area contributed by atoms with Crippen LogP contribution in [0.5, 0.6) is 0 Å². The smallest absolute Gasteiger partial charge is 0.207 e. The van der Waals surface area contributed by atoms with Gasteiger partial charge < -0.3 is 4.90 Å². The molecule has 0 amide bonds. The summed E-state index contributed by atoms with van der Waals surface area (Å²) >= 11 is 5.51. The molecule has 0 fully saturated rings. The predicted octanol–water partition coefficient (Wildman–Crippen LogP) is 3.90. The molecule has 0 spiro atoms. The first-order chi connectivity index (χ1) is 8.92. The number of aliphatic imine (C=N–C) groups is 1. The number of hydrogen-bond donors (Lipinski definition) is 0. The lowest BCUT2D eigenvalue weighted by atomic mass is 10.1. The SMILES string of the molecule is CCC(=NC#N)N(C)[C@H](C)c1cc(F)c(Cl)cc1F. The minimum absolute atomic E-state index is 0.170. The zero-order valence-electron chi connectivity index (χ0n) is 10.9. The summed E-state index contributed by atoms with van der Waals surface area (Å²) in [4.78, 5) is 5.30. The van der Waals surface area contributed by atoms with Crippen molar-refractivity contribution in [2.24, 2.45) is 4.99 Å². The van der Waals surface area contributed by atoms with Gasteiger partial charge in [-0.05, 0) is 19.1 Å². The standard InChI is InChI=1S/C13H14ClF2N3/c1-4-13(18-7-17)19(3)8(2)9-5-12(16)10(14)6-11(9)15/h5-6,8H,4H2,1-3H3/t8-/m1/s1. The van der Waals surface area contributed by atoms with Crippen molar-refractivity contribution in [2.45, 2.75) is 26.3 Å². The number of benzene rings is 1. The van der Waals surface area contributed by atoms with Crippen LogP contribution in [0.25, 0.3) is 0 Å². The van der Waals surface area contributed by atoms with E-state index >= 15 is 0 Å². The molecule has 0 saturated carbocycles. The summed E-state index contributed by atoms with van der Waals surface area (Å²) in [6.45, 7) is 3.53. The zero-order chi connectivity index (χ0) is 14.6. The molecular formula is C13H14ClF2N3. The molecule has 19 heavy (non-hydrogen) atoms.